The molecule has 0 saturated heterocycles. The molecule has 1 heterocycles. The van der Waals surface area contributed by atoms with Gasteiger partial charge < -0.3 is 5.32 Å². The molecule has 3 nitrogen and oxygen atoms in total. The van der Waals surface area contributed by atoms with Gasteiger partial charge >= 0.3 is 0 Å². The summed E-state index contributed by atoms with van der Waals surface area (Å²) in [4.78, 5) is 3.95. The number of benzene rings is 1. The van der Waals surface area contributed by atoms with Crippen molar-refractivity contribution in [2.75, 3.05) is 5.32 Å². The highest BCUT2D eigenvalue weighted by atomic mass is 79.9. The lowest BCUT2D eigenvalue weighted by Crippen LogP contribution is -1.95. The van der Waals surface area contributed by atoms with Gasteiger partial charge in [-0.3, -0.25) is 0 Å². The molecule has 0 unspecified atom stereocenters. The van der Waals surface area contributed by atoms with Gasteiger partial charge in [0, 0.05) is 5.69 Å². The van der Waals surface area contributed by atoms with Crippen molar-refractivity contribution >= 4 is 27.3 Å². The number of halogens is 2. The second kappa shape index (κ2) is 5.15. The van der Waals surface area contributed by atoms with Crippen molar-refractivity contribution < 1.29 is 4.39 Å². The first kappa shape index (κ1) is 12.5. The molecule has 0 aliphatic heterocycles. The largest absolute Gasteiger partial charge is 0.354 e. The standard InChI is InChI=1S/C13H9BrFN3/c1-8-4-12(15)11(14)5-13(8)18-10-3-2-9(6-16)17-7-10/h2-5,7,18H,1H3. The van der Waals surface area contributed by atoms with Gasteiger partial charge in [-0.2, -0.15) is 5.26 Å². The molecule has 5 heteroatoms. The van der Waals surface area contributed by atoms with E-state index in [0.717, 1.165) is 16.9 Å². The minimum Gasteiger partial charge on any atom is -0.354 e. The third-order valence-electron chi connectivity index (χ3n) is 2.42. The van der Waals surface area contributed by atoms with Gasteiger partial charge in [0.2, 0.25) is 0 Å². The number of rotatable bonds is 2. The normalized spacial score (nSPS) is 9.89. The molecule has 0 atom stereocenters. The summed E-state index contributed by atoms with van der Waals surface area (Å²) in [6.45, 7) is 1.81. The highest BCUT2D eigenvalue weighted by Gasteiger charge is 2.05. The lowest BCUT2D eigenvalue weighted by Gasteiger charge is -2.10. The number of aromatic nitrogens is 1. The lowest BCUT2D eigenvalue weighted by atomic mass is 10.2. The summed E-state index contributed by atoms with van der Waals surface area (Å²) in [5, 5.41) is 11.8. The maximum absolute atomic E-state index is 13.3. The molecule has 90 valence electrons. The second-order valence-electron chi connectivity index (χ2n) is 3.75. The molecule has 0 aliphatic carbocycles. The first-order valence-corrected chi connectivity index (χ1v) is 5.98. The van der Waals surface area contributed by atoms with Gasteiger partial charge in [-0.15, -0.1) is 0 Å². The second-order valence-corrected chi connectivity index (χ2v) is 4.60. The summed E-state index contributed by atoms with van der Waals surface area (Å²) >= 11 is 3.14. The van der Waals surface area contributed by atoms with Gasteiger partial charge in [-0.25, -0.2) is 9.37 Å². The van der Waals surface area contributed by atoms with E-state index in [4.69, 9.17) is 5.26 Å². The highest BCUT2D eigenvalue weighted by Crippen LogP contribution is 2.26. The molecule has 0 spiro atoms. The number of aryl methyl sites for hydroxylation is 1. The Morgan fingerprint density at radius 2 is 2.17 bits per heavy atom. The van der Waals surface area contributed by atoms with E-state index in [1.807, 2.05) is 13.0 Å². The number of nitrogens with zero attached hydrogens (tertiary/aromatic N) is 2. The Balaban J connectivity index is 2.28. The topological polar surface area (TPSA) is 48.7 Å². The van der Waals surface area contributed by atoms with Crippen molar-refractivity contribution in [1.29, 1.82) is 5.26 Å². The molecular weight excluding hydrogens is 297 g/mol. The summed E-state index contributed by atoms with van der Waals surface area (Å²) in [5.74, 6) is -0.295. The Hall–Kier alpha value is -1.93. The molecular formula is C13H9BrFN3. The van der Waals surface area contributed by atoms with Crippen LogP contribution in [0.4, 0.5) is 15.8 Å². The monoisotopic (exact) mass is 305 g/mol. The van der Waals surface area contributed by atoms with E-state index in [9.17, 15) is 4.39 Å². The van der Waals surface area contributed by atoms with Crippen LogP contribution in [0.2, 0.25) is 0 Å². The zero-order valence-electron chi connectivity index (χ0n) is 9.54. The molecule has 0 radical (unpaired) electrons. The highest BCUT2D eigenvalue weighted by molar-refractivity contribution is 9.10. The summed E-state index contributed by atoms with van der Waals surface area (Å²) < 4.78 is 13.7. The number of hydrogen-bond donors (Lipinski definition) is 1. The summed E-state index contributed by atoms with van der Waals surface area (Å²) in [6.07, 6.45) is 1.56. The van der Waals surface area contributed by atoms with Crippen LogP contribution in [0, 0.1) is 24.1 Å². The van der Waals surface area contributed by atoms with Crippen LogP contribution in [0.3, 0.4) is 0 Å². The molecule has 2 rings (SSSR count). The van der Waals surface area contributed by atoms with Crippen molar-refractivity contribution in [1.82, 2.24) is 4.98 Å². The fraction of sp³-hybridized carbons (Fsp3) is 0.0769. The number of hydrogen-bond acceptors (Lipinski definition) is 3. The maximum atomic E-state index is 13.3. The molecule has 0 aliphatic rings. The van der Waals surface area contributed by atoms with Crippen LogP contribution in [-0.4, -0.2) is 4.98 Å². The maximum Gasteiger partial charge on any atom is 0.140 e. The molecule has 0 saturated carbocycles. The number of anilines is 2. The van der Waals surface area contributed by atoms with Crippen LogP contribution in [0.25, 0.3) is 0 Å². The predicted molar refractivity (Wildman–Crippen MR) is 71.1 cm³/mol. The van der Waals surface area contributed by atoms with Gasteiger partial charge in [0.15, 0.2) is 0 Å². The molecule has 1 N–H and O–H groups in total. The van der Waals surface area contributed by atoms with Crippen molar-refractivity contribution in [2.24, 2.45) is 0 Å². The molecule has 2 aromatic rings. The molecule has 1 aromatic carbocycles. The number of nitriles is 1. The zero-order chi connectivity index (χ0) is 13.1. The summed E-state index contributed by atoms with van der Waals surface area (Å²) in [5.41, 5.74) is 2.68. The molecule has 0 amide bonds. The van der Waals surface area contributed by atoms with E-state index in [2.05, 4.69) is 26.2 Å². The fourth-order valence-electron chi connectivity index (χ4n) is 1.47. The van der Waals surface area contributed by atoms with Gasteiger partial charge in [-0.1, -0.05) is 0 Å². The fourth-order valence-corrected chi connectivity index (χ4v) is 1.81. The SMILES string of the molecule is Cc1cc(F)c(Br)cc1Nc1ccc(C#N)nc1. The van der Waals surface area contributed by atoms with Crippen molar-refractivity contribution in [3.8, 4) is 6.07 Å². The van der Waals surface area contributed by atoms with Gasteiger partial charge in [0.05, 0.1) is 16.4 Å². The average Bonchev–Trinajstić information content (AvgIpc) is 2.37. The van der Waals surface area contributed by atoms with E-state index in [-0.39, 0.29) is 5.82 Å². The van der Waals surface area contributed by atoms with E-state index < -0.39 is 0 Å². The van der Waals surface area contributed by atoms with Gasteiger partial charge in [-0.05, 0) is 52.7 Å². The Morgan fingerprint density at radius 3 is 2.78 bits per heavy atom. The van der Waals surface area contributed by atoms with E-state index in [0.29, 0.717) is 10.2 Å². The quantitative estimate of drug-likeness (QED) is 0.915. The summed E-state index contributed by atoms with van der Waals surface area (Å²) in [7, 11) is 0. The zero-order valence-corrected chi connectivity index (χ0v) is 11.1. The van der Waals surface area contributed by atoms with Crippen molar-refractivity contribution in [2.45, 2.75) is 6.92 Å². The Labute approximate surface area is 112 Å². The first-order valence-electron chi connectivity index (χ1n) is 5.19. The third-order valence-corrected chi connectivity index (χ3v) is 3.03. The minimum atomic E-state index is -0.295. The molecule has 18 heavy (non-hydrogen) atoms. The van der Waals surface area contributed by atoms with E-state index >= 15 is 0 Å². The van der Waals surface area contributed by atoms with E-state index in [1.165, 1.54) is 6.07 Å². The van der Waals surface area contributed by atoms with E-state index in [1.54, 1.807) is 24.4 Å². The molecule has 1 aromatic heterocycles. The van der Waals surface area contributed by atoms with Crippen LogP contribution in [0.15, 0.2) is 34.9 Å². The molecule has 0 fully saturated rings. The van der Waals surface area contributed by atoms with Crippen molar-refractivity contribution in [3.05, 3.63) is 52.0 Å². The summed E-state index contributed by atoms with van der Waals surface area (Å²) in [6, 6.07) is 8.44. The van der Waals surface area contributed by atoms with Gasteiger partial charge in [0.25, 0.3) is 0 Å². The average molecular weight is 306 g/mol. The first-order chi connectivity index (χ1) is 8.60. The smallest absolute Gasteiger partial charge is 0.140 e. The lowest BCUT2D eigenvalue weighted by molar-refractivity contribution is 0.620. The van der Waals surface area contributed by atoms with Crippen LogP contribution >= 0.6 is 15.9 Å². The number of nitrogens with one attached hydrogen (secondary N) is 1. The Morgan fingerprint density at radius 1 is 1.39 bits per heavy atom. The van der Waals surface area contributed by atoms with Crippen molar-refractivity contribution in [3.63, 3.8) is 0 Å². The Bertz CT molecular complexity index is 617. The number of pyridine rings is 1. The third kappa shape index (κ3) is 2.66. The Kier molecular flexibility index (Phi) is 3.58. The van der Waals surface area contributed by atoms with Crippen LogP contribution < -0.4 is 5.32 Å². The van der Waals surface area contributed by atoms with Crippen LogP contribution in [-0.2, 0) is 0 Å². The van der Waals surface area contributed by atoms with Gasteiger partial charge in [0.1, 0.15) is 17.6 Å². The van der Waals surface area contributed by atoms with Crippen LogP contribution in [0.1, 0.15) is 11.3 Å². The molecule has 0 bridgehead atoms. The predicted octanol–water partition coefficient (Wildman–Crippen LogP) is 3.91. The van der Waals surface area contributed by atoms with Crippen LogP contribution in [0.5, 0.6) is 0 Å². The minimum absolute atomic E-state index is 0.295.